The molecule has 2 saturated carbocycles. The largest absolute Gasteiger partial charge is 0.330 e. The maximum absolute atomic E-state index is 6.73. The maximum atomic E-state index is 6.73. The fourth-order valence-electron chi connectivity index (χ4n) is 10.7. The van der Waals surface area contributed by atoms with Gasteiger partial charge in [0.25, 0.3) is 0 Å². The highest BCUT2D eigenvalue weighted by Crippen LogP contribution is 2.61. The summed E-state index contributed by atoms with van der Waals surface area (Å²) in [7, 11) is 0. The van der Waals surface area contributed by atoms with Gasteiger partial charge in [0.2, 0.25) is 0 Å². The van der Waals surface area contributed by atoms with Gasteiger partial charge in [-0.25, -0.2) is 0 Å². The summed E-state index contributed by atoms with van der Waals surface area (Å²) in [5.41, 5.74) is 8.55. The summed E-state index contributed by atoms with van der Waals surface area (Å²) >= 11 is 6.14. The standard InChI is InChI=1S/C42H81I2N/c1-11-37(6)29-23-20-18-16-17-19-21-25-34-27-31-40(9,14-4)41(10,15-5)35(33-45)26-22-24-30-38(7,12-2)39(8,13-3)32-28-36(37)42(34,43)44/h34-36H,11-33,45H2,1-10H3. The van der Waals surface area contributed by atoms with Crippen molar-refractivity contribution < 1.29 is 0 Å². The van der Waals surface area contributed by atoms with Crippen LogP contribution in [-0.4, -0.2) is 7.97 Å². The van der Waals surface area contributed by atoms with E-state index < -0.39 is 0 Å². The number of halogens is 2. The molecule has 45 heavy (non-hydrogen) atoms. The van der Waals surface area contributed by atoms with Gasteiger partial charge < -0.3 is 5.73 Å². The highest BCUT2D eigenvalue weighted by molar-refractivity contribution is 14.2. The molecule has 2 fully saturated rings. The Bertz CT molecular complexity index is 843. The minimum absolute atomic E-state index is 0.285. The summed E-state index contributed by atoms with van der Waals surface area (Å²) in [5, 5.41) is 0. The third kappa shape index (κ3) is 9.81. The van der Waals surface area contributed by atoms with Crippen molar-refractivity contribution in [2.24, 2.45) is 50.6 Å². The Morgan fingerprint density at radius 1 is 0.511 bits per heavy atom. The Kier molecular flexibility index (Phi) is 17.6. The first kappa shape index (κ1) is 42.6. The molecular weight excluding hydrogens is 772 g/mol. The molecule has 268 valence electrons. The van der Waals surface area contributed by atoms with Gasteiger partial charge in [-0.15, -0.1) is 0 Å². The molecule has 0 heterocycles. The van der Waals surface area contributed by atoms with Crippen LogP contribution in [0.15, 0.2) is 0 Å². The number of hydrogen-bond acceptors (Lipinski definition) is 1. The summed E-state index contributed by atoms with van der Waals surface area (Å²) in [4.78, 5) is 0. The van der Waals surface area contributed by atoms with E-state index >= 15 is 0 Å². The van der Waals surface area contributed by atoms with Crippen LogP contribution in [0.5, 0.6) is 0 Å². The molecule has 1 nitrogen and oxygen atoms in total. The molecule has 2 rings (SSSR count). The number of nitrogens with two attached hydrogens (primary N) is 1. The first-order chi connectivity index (χ1) is 21.1. The van der Waals surface area contributed by atoms with E-state index in [-0.39, 0.29) is 1.43 Å². The zero-order chi connectivity index (χ0) is 34.0. The van der Waals surface area contributed by atoms with Crippen molar-refractivity contribution in [3.8, 4) is 0 Å². The molecule has 0 amide bonds. The lowest BCUT2D eigenvalue weighted by atomic mass is 9.53. The van der Waals surface area contributed by atoms with Gasteiger partial charge in [0, 0.05) is 0 Å². The molecule has 8 unspecified atom stereocenters. The lowest BCUT2D eigenvalue weighted by molar-refractivity contribution is -0.0209. The van der Waals surface area contributed by atoms with Gasteiger partial charge in [-0.05, 0) is 109 Å². The Balaban J connectivity index is 2.75. The molecule has 8 atom stereocenters. The molecule has 2 bridgehead atoms. The van der Waals surface area contributed by atoms with Crippen molar-refractivity contribution in [2.45, 2.75) is 212 Å². The van der Waals surface area contributed by atoms with Gasteiger partial charge >= 0.3 is 0 Å². The van der Waals surface area contributed by atoms with Crippen LogP contribution in [0.4, 0.5) is 0 Å². The van der Waals surface area contributed by atoms with Crippen LogP contribution in [-0.2, 0) is 0 Å². The quantitative estimate of drug-likeness (QED) is 0.209. The van der Waals surface area contributed by atoms with Gasteiger partial charge in [0.1, 0.15) is 0 Å². The Labute approximate surface area is 312 Å². The molecule has 2 aliphatic rings. The van der Waals surface area contributed by atoms with E-state index in [0.717, 1.165) is 18.4 Å². The topological polar surface area (TPSA) is 26.0 Å². The molecular formula is C42H81I2N. The molecule has 0 radical (unpaired) electrons. The minimum atomic E-state index is 0.285. The Morgan fingerprint density at radius 2 is 1.00 bits per heavy atom. The lowest BCUT2D eigenvalue weighted by Crippen LogP contribution is -2.48. The van der Waals surface area contributed by atoms with Crippen LogP contribution in [0.1, 0.15) is 210 Å². The zero-order valence-corrected chi connectivity index (χ0v) is 36.6. The molecule has 0 spiro atoms. The highest BCUT2D eigenvalue weighted by atomic mass is 127. The van der Waals surface area contributed by atoms with Crippen molar-refractivity contribution >= 4 is 45.2 Å². The number of hydrogen-bond donors (Lipinski definition) is 1. The van der Waals surface area contributed by atoms with E-state index in [1.165, 1.54) is 141 Å². The van der Waals surface area contributed by atoms with Crippen LogP contribution in [0.2, 0.25) is 0 Å². The van der Waals surface area contributed by atoms with Crippen LogP contribution >= 0.6 is 45.2 Å². The van der Waals surface area contributed by atoms with E-state index in [1.807, 2.05) is 0 Å². The summed E-state index contributed by atoms with van der Waals surface area (Å²) in [5.74, 6) is 2.15. The predicted molar refractivity (Wildman–Crippen MR) is 221 cm³/mol. The fraction of sp³-hybridized carbons (Fsp3) is 1.00. The Hall–Kier alpha value is 1.42. The van der Waals surface area contributed by atoms with Crippen molar-refractivity contribution in [1.29, 1.82) is 0 Å². The van der Waals surface area contributed by atoms with Crippen molar-refractivity contribution in [3.05, 3.63) is 0 Å². The molecule has 0 saturated heterocycles. The lowest BCUT2D eigenvalue weighted by Gasteiger charge is -2.54. The second-order valence-electron chi connectivity index (χ2n) is 17.7. The van der Waals surface area contributed by atoms with Crippen LogP contribution < -0.4 is 5.73 Å². The Morgan fingerprint density at radius 3 is 1.53 bits per heavy atom. The van der Waals surface area contributed by atoms with Gasteiger partial charge in [-0.1, -0.05) is 198 Å². The average molecular weight is 854 g/mol. The number of fused-ring (bicyclic) bond motifs is 2. The van der Waals surface area contributed by atoms with Crippen LogP contribution in [0, 0.1) is 44.8 Å². The first-order valence-electron chi connectivity index (χ1n) is 20.2. The van der Waals surface area contributed by atoms with Crippen molar-refractivity contribution in [3.63, 3.8) is 0 Å². The fourth-order valence-corrected chi connectivity index (χ4v) is 14.0. The zero-order valence-electron chi connectivity index (χ0n) is 32.3. The minimum Gasteiger partial charge on any atom is -0.330 e. The normalized spacial score (nSPS) is 42.2. The smallest absolute Gasteiger partial charge is 0.0795 e. The molecule has 3 heteroatoms. The first-order valence-corrected chi connectivity index (χ1v) is 22.4. The summed E-state index contributed by atoms with van der Waals surface area (Å²) in [6.45, 7) is 26.8. The maximum Gasteiger partial charge on any atom is 0.0795 e. The van der Waals surface area contributed by atoms with E-state index in [9.17, 15) is 0 Å². The third-order valence-electron chi connectivity index (χ3n) is 16.1. The van der Waals surface area contributed by atoms with Crippen LogP contribution in [0.3, 0.4) is 0 Å². The number of alkyl halides is 2. The second kappa shape index (κ2) is 18.6. The predicted octanol–water partition coefficient (Wildman–Crippen LogP) is 15.1. The van der Waals surface area contributed by atoms with E-state index in [0.29, 0.717) is 33.0 Å². The summed E-state index contributed by atoms with van der Waals surface area (Å²) in [6.07, 6.45) is 30.3. The van der Waals surface area contributed by atoms with Gasteiger partial charge in [-0.3, -0.25) is 0 Å². The summed E-state index contributed by atoms with van der Waals surface area (Å²) < 4.78 is 0.285. The molecule has 0 aliphatic heterocycles. The molecule has 2 aliphatic carbocycles. The molecule has 0 aromatic heterocycles. The van der Waals surface area contributed by atoms with E-state index in [4.69, 9.17) is 5.73 Å². The van der Waals surface area contributed by atoms with Crippen molar-refractivity contribution in [1.82, 2.24) is 0 Å². The second-order valence-corrected chi connectivity index (χ2v) is 23.3. The molecule has 2 N–H and O–H groups in total. The SMILES string of the molecule is CCC1(C)CCCCCCCCCC2CCC(C)(CC)C(C)(CC)C(CN)CCCCC(C)(CC)C(C)(CC)CCC1C2(I)I. The van der Waals surface area contributed by atoms with Gasteiger partial charge in [0.05, 0.1) is 1.43 Å². The monoisotopic (exact) mass is 853 g/mol. The van der Waals surface area contributed by atoms with Gasteiger partial charge in [0.15, 0.2) is 0 Å². The molecule has 0 aromatic carbocycles. The number of rotatable bonds is 6. The van der Waals surface area contributed by atoms with E-state index in [1.54, 1.807) is 0 Å². The average Bonchev–Trinajstić information content (AvgIpc) is 3.04. The van der Waals surface area contributed by atoms with Crippen LogP contribution in [0.25, 0.3) is 0 Å². The summed E-state index contributed by atoms with van der Waals surface area (Å²) in [6, 6.07) is 0. The van der Waals surface area contributed by atoms with Crippen molar-refractivity contribution in [2.75, 3.05) is 6.54 Å². The van der Waals surface area contributed by atoms with Gasteiger partial charge in [-0.2, -0.15) is 0 Å². The van der Waals surface area contributed by atoms with E-state index in [2.05, 4.69) is 114 Å². The highest BCUT2D eigenvalue weighted by Gasteiger charge is 2.52. The molecule has 0 aromatic rings. The third-order valence-corrected chi connectivity index (χ3v) is 19.4.